The summed E-state index contributed by atoms with van der Waals surface area (Å²) in [7, 11) is 0. The molecule has 0 amide bonds. The van der Waals surface area contributed by atoms with E-state index in [1.54, 1.807) is 0 Å². The number of nitrogens with zero attached hydrogens (tertiary/aromatic N) is 2. The van der Waals surface area contributed by atoms with E-state index < -0.39 is 5.97 Å². The predicted molar refractivity (Wildman–Crippen MR) is 69.0 cm³/mol. The summed E-state index contributed by atoms with van der Waals surface area (Å²) < 4.78 is 1.47. The molecule has 2 rings (SSSR count). The fraction of sp³-hybridized carbons (Fsp3) is 0.231. The molecule has 0 saturated heterocycles. The first-order valence-electron chi connectivity index (χ1n) is 5.69. The minimum absolute atomic E-state index is 0.0499. The fourth-order valence-electron chi connectivity index (χ4n) is 1.86. The molecule has 0 aliphatic heterocycles. The number of benzene rings is 1. The van der Waals surface area contributed by atoms with E-state index in [1.807, 2.05) is 24.3 Å². The highest BCUT2D eigenvalue weighted by atomic mass is 16.4. The Bertz CT molecular complexity index is 588. The zero-order valence-electron chi connectivity index (χ0n) is 10.3. The van der Waals surface area contributed by atoms with Crippen LogP contribution in [0.15, 0.2) is 30.3 Å². The maximum atomic E-state index is 10.9. The van der Waals surface area contributed by atoms with Crippen LogP contribution in [0, 0.1) is 0 Å². The zero-order valence-corrected chi connectivity index (χ0v) is 10.3. The third-order valence-corrected chi connectivity index (χ3v) is 2.74. The van der Waals surface area contributed by atoms with Crippen LogP contribution >= 0.6 is 0 Å². The van der Waals surface area contributed by atoms with Crippen LogP contribution in [0.1, 0.15) is 35.8 Å². The lowest BCUT2D eigenvalue weighted by molar-refractivity contribution is 0.0690. The summed E-state index contributed by atoms with van der Waals surface area (Å²) >= 11 is 0. The number of hydrogen-bond acceptors (Lipinski definition) is 3. The molecule has 2 aromatic rings. The summed E-state index contributed by atoms with van der Waals surface area (Å²) in [5.41, 5.74) is 7.66. The molecule has 3 N–H and O–H groups in total. The van der Waals surface area contributed by atoms with Crippen LogP contribution in [0.25, 0.3) is 5.69 Å². The van der Waals surface area contributed by atoms with Crippen LogP contribution in [0.3, 0.4) is 0 Å². The third-order valence-electron chi connectivity index (χ3n) is 2.74. The molecule has 94 valence electrons. The van der Waals surface area contributed by atoms with Gasteiger partial charge in [-0.15, -0.1) is 0 Å². The van der Waals surface area contributed by atoms with Gasteiger partial charge < -0.3 is 10.8 Å². The number of aromatic carboxylic acids is 1. The van der Waals surface area contributed by atoms with Gasteiger partial charge in [0.15, 0.2) is 5.69 Å². The maximum Gasteiger partial charge on any atom is 0.356 e. The Hall–Kier alpha value is -2.30. The van der Waals surface area contributed by atoms with E-state index in [2.05, 4.69) is 18.9 Å². The summed E-state index contributed by atoms with van der Waals surface area (Å²) in [5, 5.41) is 12.9. The van der Waals surface area contributed by atoms with Gasteiger partial charge in [-0.2, -0.15) is 5.10 Å². The highest BCUT2D eigenvalue weighted by Gasteiger charge is 2.15. The number of carboxylic acids is 1. The quantitative estimate of drug-likeness (QED) is 0.869. The Morgan fingerprint density at radius 2 is 2.06 bits per heavy atom. The average Bonchev–Trinajstić information content (AvgIpc) is 2.71. The molecule has 0 unspecified atom stereocenters. The number of rotatable bonds is 3. The van der Waals surface area contributed by atoms with Gasteiger partial charge in [-0.05, 0) is 17.5 Å². The van der Waals surface area contributed by atoms with Crippen molar-refractivity contribution in [3.63, 3.8) is 0 Å². The first kappa shape index (κ1) is 12.2. The Morgan fingerprint density at radius 1 is 1.39 bits per heavy atom. The van der Waals surface area contributed by atoms with E-state index in [-0.39, 0.29) is 5.69 Å². The van der Waals surface area contributed by atoms with Crippen molar-refractivity contribution in [3.8, 4) is 5.69 Å². The number of nitrogens with two attached hydrogens (primary N) is 1. The van der Waals surface area contributed by atoms with E-state index in [0.717, 1.165) is 11.3 Å². The largest absolute Gasteiger partial charge is 0.476 e. The molecule has 1 heterocycles. The van der Waals surface area contributed by atoms with Gasteiger partial charge in [0.25, 0.3) is 0 Å². The van der Waals surface area contributed by atoms with E-state index in [9.17, 15) is 4.79 Å². The summed E-state index contributed by atoms with van der Waals surface area (Å²) in [4.78, 5) is 10.9. The van der Waals surface area contributed by atoms with Gasteiger partial charge in [-0.25, -0.2) is 9.48 Å². The van der Waals surface area contributed by atoms with E-state index in [1.165, 1.54) is 10.7 Å². The van der Waals surface area contributed by atoms with Gasteiger partial charge in [0.05, 0.1) is 5.69 Å². The Labute approximate surface area is 105 Å². The van der Waals surface area contributed by atoms with E-state index >= 15 is 0 Å². The van der Waals surface area contributed by atoms with Crippen molar-refractivity contribution in [1.82, 2.24) is 9.78 Å². The molecule has 0 saturated carbocycles. The predicted octanol–water partition coefficient (Wildman–Crippen LogP) is 2.28. The molecular weight excluding hydrogens is 230 g/mol. The average molecular weight is 245 g/mol. The molecule has 5 nitrogen and oxygen atoms in total. The highest BCUT2D eigenvalue weighted by Crippen LogP contribution is 2.24. The van der Waals surface area contributed by atoms with Gasteiger partial charge in [-0.3, -0.25) is 0 Å². The normalized spacial score (nSPS) is 10.8. The van der Waals surface area contributed by atoms with Crippen molar-refractivity contribution >= 4 is 11.8 Å². The maximum absolute atomic E-state index is 10.9. The molecular formula is C13H15N3O2. The van der Waals surface area contributed by atoms with Crippen LogP contribution in [0.2, 0.25) is 0 Å². The molecule has 5 heteroatoms. The van der Waals surface area contributed by atoms with Crippen molar-refractivity contribution in [3.05, 3.63) is 41.6 Å². The number of carboxylic acid groups (broad SMARTS) is 1. The van der Waals surface area contributed by atoms with Crippen molar-refractivity contribution in [2.45, 2.75) is 19.8 Å². The summed E-state index contributed by atoms with van der Waals surface area (Å²) in [6, 6.07) is 9.05. The molecule has 0 fully saturated rings. The number of anilines is 1. The van der Waals surface area contributed by atoms with Gasteiger partial charge in [-0.1, -0.05) is 32.0 Å². The van der Waals surface area contributed by atoms with E-state index in [4.69, 9.17) is 10.8 Å². The van der Waals surface area contributed by atoms with Gasteiger partial charge in [0, 0.05) is 6.07 Å². The molecule has 1 aromatic heterocycles. The van der Waals surface area contributed by atoms with Crippen LogP contribution in [0.5, 0.6) is 0 Å². The first-order valence-corrected chi connectivity index (χ1v) is 5.69. The molecule has 0 spiro atoms. The molecule has 18 heavy (non-hydrogen) atoms. The second kappa shape index (κ2) is 4.52. The summed E-state index contributed by atoms with van der Waals surface area (Å²) in [5.74, 6) is -0.457. The Balaban J connectivity index is 2.58. The molecule has 1 aromatic carbocycles. The molecule has 0 aliphatic carbocycles. The number of carbonyl (C=O) groups is 1. The topological polar surface area (TPSA) is 81.1 Å². The number of aromatic nitrogens is 2. The Morgan fingerprint density at radius 3 is 2.61 bits per heavy atom. The standard InChI is InChI=1S/C13H15N3O2/c1-8(2)9-5-3-4-6-11(9)16-12(14)7-10(15-16)13(17)18/h3-8H,14H2,1-2H3,(H,17,18). The van der Waals surface area contributed by atoms with Crippen molar-refractivity contribution < 1.29 is 9.90 Å². The zero-order chi connectivity index (χ0) is 13.3. The van der Waals surface area contributed by atoms with E-state index in [0.29, 0.717) is 11.7 Å². The smallest absolute Gasteiger partial charge is 0.356 e. The summed E-state index contributed by atoms with van der Waals surface area (Å²) in [6.07, 6.45) is 0. The first-order chi connectivity index (χ1) is 8.50. The fourth-order valence-corrected chi connectivity index (χ4v) is 1.86. The third kappa shape index (κ3) is 2.07. The minimum atomic E-state index is -1.08. The second-order valence-electron chi connectivity index (χ2n) is 4.38. The van der Waals surface area contributed by atoms with Gasteiger partial charge >= 0.3 is 5.97 Å². The van der Waals surface area contributed by atoms with Gasteiger partial charge in [0.1, 0.15) is 5.82 Å². The van der Waals surface area contributed by atoms with Crippen LogP contribution in [0.4, 0.5) is 5.82 Å². The monoisotopic (exact) mass is 245 g/mol. The van der Waals surface area contributed by atoms with Crippen molar-refractivity contribution in [1.29, 1.82) is 0 Å². The molecule has 0 atom stereocenters. The summed E-state index contributed by atoms with van der Waals surface area (Å²) in [6.45, 7) is 4.13. The second-order valence-corrected chi connectivity index (χ2v) is 4.38. The van der Waals surface area contributed by atoms with Crippen LogP contribution in [-0.2, 0) is 0 Å². The minimum Gasteiger partial charge on any atom is -0.476 e. The number of hydrogen-bond donors (Lipinski definition) is 2. The lowest BCUT2D eigenvalue weighted by atomic mass is 10.0. The number of nitrogen functional groups attached to an aromatic ring is 1. The van der Waals surface area contributed by atoms with Crippen LogP contribution in [-0.4, -0.2) is 20.9 Å². The Kier molecular flexibility index (Phi) is 3.06. The van der Waals surface area contributed by atoms with Gasteiger partial charge in [0.2, 0.25) is 0 Å². The molecule has 0 aliphatic rings. The lowest BCUT2D eigenvalue weighted by Gasteiger charge is -2.13. The number of para-hydroxylation sites is 1. The van der Waals surface area contributed by atoms with Crippen molar-refractivity contribution in [2.75, 3.05) is 5.73 Å². The molecule has 0 radical (unpaired) electrons. The SMILES string of the molecule is CC(C)c1ccccc1-n1nc(C(=O)O)cc1N. The molecule has 0 bridgehead atoms. The van der Waals surface area contributed by atoms with Crippen molar-refractivity contribution in [2.24, 2.45) is 0 Å². The van der Waals surface area contributed by atoms with Crippen LogP contribution < -0.4 is 5.73 Å². The highest BCUT2D eigenvalue weighted by molar-refractivity contribution is 5.86. The lowest BCUT2D eigenvalue weighted by Crippen LogP contribution is -2.07.